The summed E-state index contributed by atoms with van der Waals surface area (Å²) in [5.74, 6) is 0. The van der Waals surface area contributed by atoms with Gasteiger partial charge in [0.1, 0.15) is 0 Å². The van der Waals surface area contributed by atoms with E-state index in [9.17, 15) is 0 Å². The molecule has 0 spiro atoms. The van der Waals surface area contributed by atoms with Gasteiger partial charge in [-0.15, -0.1) is 0 Å². The first-order chi connectivity index (χ1) is 6.27. The normalized spacial score (nSPS) is 10.3. The van der Waals surface area contributed by atoms with Crippen LogP contribution in [0.25, 0.3) is 17.0 Å². The first kappa shape index (κ1) is 8.11. The fourth-order valence-electron chi connectivity index (χ4n) is 1.55. The molecule has 0 saturated carbocycles. The van der Waals surface area contributed by atoms with Crippen molar-refractivity contribution in [2.45, 2.75) is 13.8 Å². The first-order valence-electron chi connectivity index (χ1n) is 4.48. The third kappa shape index (κ3) is 1.50. The molecule has 0 aliphatic rings. The van der Waals surface area contributed by atoms with E-state index < -0.39 is 0 Å². The molecule has 2 aromatic rings. The molecule has 1 aromatic carbocycles. The van der Waals surface area contributed by atoms with E-state index in [2.05, 4.69) is 49.2 Å². The van der Waals surface area contributed by atoms with Gasteiger partial charge in [0.2, 0.25) is 0 Å². The number of nitrogens with one attached hydrogen (secondary N) is 1. The molecule has 0 aliphatic heterocycles. The Labute approximate surface area is 78.1 Å². The van der Waals surface area contributed by atoms with Gasteiger partial charge in [-0.2, -0.15) is 0 Å². The zero-order chi connectivity index (χ0) is 9.26. The van der Waals surface area contributed by atoms with Gasteiger partial charge in [-0.05, 0) is 31.5 Å². The highest BCUT2D eigenvalue weighted by Gasteiger charge is 1.97. The van der Waals surface area contributed by atoms with Crippen LogP contribution < -0.4 is 0 Å². The van der Waals surface area contributed by atoms with E-state index in [0.717, 1.165) is 0 Å². The second kappa shape index (κ2) is 3.09. The van der Waals surface area contributed by atoms with Gasteiger partial charge in [-0.25, -0.2) is 0 Å². The summed E-state index contributed by atoms with van der Waals surface area (Å²) >= 11 is 0. The van der Waals surface area contributed by atoms with Crippen LogP contribution in [0.4, 0.5) is 0 Å². The molecule has 0 bridgehead atoms. The van der Waals surface area contributed by atoms with Gasteiger partial charge >= 0.3 is 0 Å². The number of fused-ring (bicyclic) bond motifs is 1. The summed E-state index contributed by atoms with van der Waals surface area (Å²) in [5, 5.41) is 1.30. The van der Waals surface area contributed by atoms with E-state index in [1.165, 1.54) is 22.0 Å². The van der Waals surface area contributed by atoms with Crippen molar-refractivity contribution in [1.82, 2.24) is 4.98 Å². The molecule has 2 rings (SSSR count). The Bertz CT molecular complexity index is 445. The number of H-pyrrole nitrogens is 1. The van der Waals surface area contributed by atoms with Gasteiger partial charge in [-0.1, -0.05) is 23.8 Å². The van der Waals surface area contributed by atoms with E-state index in [0.29, 0.717) is 0 Å². The molecule has 0 saturated heterocycles. The van der Waals surface area contributed by atoms with Crippen molar-refractivity contribution in [3.05, 3.63) is 41.6 Å². The largest absolute Gasteiger partial charge is 0.361 e. The number of allylic oxidation sites excluding steroid dienone is 1. The molecule has 0 amide bonds. The highest BCUT2D eigenvalue weighted by molar-refractivity contribution is 5.88. The number of aromatic amines is 1. The van der Waals surface area contributed by atoms with Crippen molar-refractivity contribution in [2.75, 3.05) is 0 Å². The van der Waals surface area contributed by atoms with Crippen molar-refractivity contribution in [1.29, 1.82) is 0 Å². The number of hydrogen-bond donors (Lipinski definition) is 1. The average Bonchev–Trinajstić information content (AvgIpc) is 2.51. The summed E-state index contributed by atoms with van der Waals surface area (Å²) in [7, 11) is 0. The van der Waals surface area contributed by atoms with Crippen LogP contribution in [0.2, 0.25) is 0 Å². The minimum Gasteiger partial charge on any atom is -0.361 e. The Kier molecular flexibility index (Phi) is 1.93. The van der Waals surface area contributed by atoms with Gasteiger partial charge in [0, 0.05) is 17.1 Å². The quantitative estimate of drug-likeness (QED) is 0.674. The summed E-state index contributed by atoms with van der Waals surface area (Å²) in [6.45, 7) is 4.23. The van der Waals surface area contributed by atoms with Crippen LogP contribution >= 0.6 is 0 Å². The first-order valence-corrected chi connectivity index (χ1v) is 4.48. The summed E-state index contributed by atoms with van der Waals surface area (Å²) in [6.07, 6.45) is 4.18. The van der Waals surface area contributed by atoms with Gasteiger partial charge in [0.15, 0.2) is 0 Å². The van der Waals surface area contributed by atoms with Crippen LogP contribution in [0.1, 0.15) is 19.4 Å². The molecule has 66 valence electrons. The van der Waals surface area contributed by atoms with Crippen molar-refractivity contribution < 1.29 is 0 Å². The summed E-state index contributed by atoms with van der Waals surface area (Å²) < 4.78 is 0. The van der Waals surface area contributed by atoms with Gasteiger partial charge < -0.3 is 4.98 Å². The van der Waals surface area contributed by atoms with Crippen LogP contribution in [0.15, 0.2) is 36.0 Å². The fraction of sp³-hybridized carbons (Fsp3) is 0.167. The van der Waals surface area contributed by atoms with E-state index >= 15 is 0 Å². The Morgan fingerprint density at radius 1 is 1.23 bits per heavy atom. The SMILES string of the molecule is CC(C)=Cc1cccc2[nH]ccc12. The van der Waals surface area contributed by atoms with Crippen LogP contribution in [0.5, 0.6) is 0 Å². The lowest BCUT2D eigenvalue weighted by atomic mass is 10.1. The second-order valence-corrected chi connectivity index (χ2v) is 3.51. The Morgan fingerprint density at radius 3 is 2.85 bits per heavy atom. The van der Waals surface area contributed by atoms with E-state index in [4.69, 9.17) is 0 Å². The Hall–Kier alpha value is -1.50. The molecule has 1 heterocycles. The molecule has 1 nitrogen and oxygen atoms in total. The van der Waals surface area contributed by atoms with Crippen molar-refractivity contribution in [2.24, 2.45) is 0 Å². The monoisotopic (exact) mass is 171 g/mol. The summed E-state index contributed by atoms with van der Waals surface area (Å²) in [6, 6.07) is 8.43. The zero-order valence-electron chi connectivity index (χ0n) is 7.96. The second-order valence-electron chi connectivity index (χ2n) is 3.51. The predicted octanol–water partition coefficient (Wildman–Crippen LogP) is 3.59. The Balaban J connectivity index is 2.68. The number of benzene rings is 1. The predicted molar refractivity (Wildman–Crippen MR) is 57.6 cm³/mol. The third-order valence-electron chi connectivity index (χ3n) is 2.07. The molecule has 1 aromatic heterocycles. The summed E-state index contributed by atoms with van der Waals surface area (Å²) in [5.41, 5.74) is 3.82. The van der Waals surface area contributed by atoms with Crippen molar-refractivity contribution in [3.63, 3.8) is 0 Å². The molecule has 0 radical (unpaired) electrons. The minimum absolute atomic E-state index is 1.20. The maximum atomic E-state index is 3.20. The van der Waals surface area contributed by atoms with Crippen LogP contribution in [-0.2, 0) is 0 Å². The molecule has 0 fully saturated rings. The van der Waals surface area contributed by atoms with Crippen LogP contribution in [-0.4, -0.2) is 4.98 Å². The molecule has 1 N–H and O–H groups in total. The molecule has 0 aliphatic carbocycles. The Morgan fingerprint density at radius 2 is 2.08 bits per heavy atom. The lowest BCUT2D eigenvalue weighted by Crippen LogP contribution is -1.75. The maximum absolute atomic E-state index is 3.20. The highest BCUT2D eigenvalue weighted by atomic mass is 14.7. The van der Waals surface area contributed by atoms with Crippen LogP contribution in [0.3, 0.4) is 0 Å². The lowest BCUT2D eigenvalue weighted by molar-refractivity contribution is 1.42. The molecule has 1 heteroatoms. The molecule has 0 atom stereocenters. The lowest BCUT2D eigenvalue weighted by Gasteiger charge is -1.97. The maximum Gasteiger partial charge on any atom is 0.0459 e. The standard InChI is InChI=1S/C12H13N/c1-9(2)8-10-4-3-5-12-11(10)6-7-13-12/h3-8,13H,1-2H3. The van der Waals surface area contributed by atoms with Crippen LogP contribution in [0, 0.1) is 0 Å². The van der Waals surface area contributed by atoms with E-state index in [-0.39, 0.29) is 0 Å². The van der Waals surface area contributed by atoms with Gasteiger partial charge in [0.05, 0.1) is 0 Å². The number of rotatable bonds is 1. The molecule has 13 heavy (non-hydrogen) atoms. The molecular weight excluding hydrogens is 158 g/mol. The smallest absolute Gasteiger partial charge is 0.0459 e. The number of hydrogen-bond acceptors (Lipinski definition) is 0. The molecule has 0 unspecified atom stereocenters. The van der Waals surface area contributed by atoms with Crippen molar-refractivity contribution >= 4 is 17.0 Å². The van der Waals surface area contributed by atoms with E-state index in [1.807, 2.05) is 6.20 Å². The molecular formula is C12H13N. The highest BCUT2D eigenvalue weighted by Crippen LogP contribution is 2.19. The topological polar surface area (TPSA) is 15.8 Å². The third-order valence-corrected chi connectivity index (χ3v) is 2.07. The number of aromatic nitrogens is 1. The zero-order valence-corrected chi connectivity index (χ0v) is 7.96. The fourth-order valence-corrected chi connectivity index (χ4v) is 1.55. The average molecular weight is 171 g/mol. The van der Waals surface area contributed by atoms with Crippen molar-refractivity contribution in [3.8, 4) is 0 Å². The summed E-state index contributed by atoms with van der Waals surface area (Å²) in [4.78, 5) is 3.20. The van der Waals surface area contributed by atoms with Gasteiger partial charge in [0.25, 0.3) is 0 Å². The van der Waals surface area contributed by atoms with Gasteiger partial charge in [-0.3, -0.25) is 0 Å². The van der Waals surface area contributed by atoms with E-state index in [1.54, 1.807) is 0 Å². The minimum atomic E-state index is 1.20.